The predicted octanol–water partition coefficient (Wildman–Crippen LogP) is 3.00. The molecule has 4 nitrogen and oxygen atoms in total. The third-order valence-corrected chi connectivity index (χ3v) is 4.35. The van der Waals surface area contributed by atoms with Gasteiger partial charge in [0.2, 0.25) is 11.8 Å². The number of amides is 2. The molecule has 1 rings (SSSR count). The molecule has 0 aromatic carbocycles. The number of nitrogens with two attached hydrogens (primary N) is 1. The highest BCUT2D eigenvalue weighted by Crippen LogP contribution is 2.34. The Bertz CT molecular complexity index is 354. The topological polar surface area (TPSA) is 72.2 Å². The molecule has 21 heavy (non-hydrogen) atoms. The van der Waals surface area contributed by atoms with Crippen LogP contribution in [-0.4, -0.2) is 17.4 Å². The molecule has 0 spiro atoms. The second kappa shape index (κ2) is 7.81. The molecule has 1 unspecified atom stereocenters. The standard InChI is InChI=1S/C17H32N2O2/c1-5-8-13(15(18)20)14(11-12-9-6-7-10-12)16(21)19-17(2,3)4/h12-14H,5-11H2,1-4H3,(H2,18,20)(H,19,21)/t13-,14?/m0/s1. The first-order chi connectivity index (χ1) is 9.74. The third kappa shape index (κ3) is 6.06. The van der Waals surface area contributed by atoms with E-state index in [1.807, 2.05) is 27.7 Å². The van der Waals surface area contributed by atoms with Gasteiger partial charge in [0.1, 0.15) is 0 Å². The van der Waals surface area contributed by atoms with Gasteiger partial charge in [-0.25, -0.2) is 0 Å². The van der Waals surface area contributed by atoms with E-state index in [2.05, 4.69) is 5.32 Å². The molecule has 0 aromatic heterocycles. The molecular weight excluding hydrogens is 264 g/mol. The molecule has 0 radical (unpaired) electrons. The van der Waals surface area contributed by atoms with E-state index in [0.717, 1.165) is 12.8 Å². The third-order valence-electron chi connectivity index (χ3n) is 4.35. The summed E-state index contributed by atoms with van der Waals surface area (Å²) in [6.07, 6.45) is 7.21. The SMILES string of the molecule is CCC[C@H](C(N)=O)C(CC1CCCC1)C(=O)NC(C)(C)C. The minimum absolute atomic E-state index is 0.00773. The average molecular weight is 296 g/mol. The molecule has 1 aliphatic rings. The first-order valence-electron chi connectivity index (χ1n) is 8.36. The van der Waals surface area contributed by atoms with E-state index in [1.54, 1.807) is 0 Å². The monoisotopic (exact) mass is 296 g/mol. The lowest BCUT2D eigenvalue weighted by molar-refractivity contribution is -0.135. The predicted molar refractivity (Wildman–Crippen MR) is 85.6 cm³/mol. The number of hydrogen-bond donors (Lipinski definition) is 2. The van der Waals surface area contributed by atoms with Crippen LogP contribution in [0.5, 0.6) is 0 Å². The van der Waals surface area contributed by atoms with Gasteiger partial charge in [-0.1, -0.05) is 39.0 Å². The zero-order valence-corrected chi connectivity index (χ0v) is 14.1. The van der Waals surface area contributed by atoms with Crippen LogP contribution in [0, 0.1) is 17.8 Å². The van der Waals surface area contributed by atoms with E-state index >= 15 is 0 Å². The van der Waals surface area contributed by atoms with Crippen LogP contribution in [0.3, 0.4) is 0 Å². The van der Waals surface area contributed by atoms with Crippen molar-refractivity contribution in [3.05, 3.63) is 0 Å². The van der Waals surface area contributed by atoms with Gasteiger partial charge in [0, 0.05) is 17.4 Å². The van der Waals surface area contributed by atoms with Crippen molar-refractivity contribution in [3.8, 4) is 0 Å². The maximum absolute atomic E-state index is 12.6. The highest BCUT2D eigenvalue weighted by Gasteiger charge is 2.35. The van der Waals surface area contributed by atoms with Gasteiger partial charge in [-0.15, -0.1) is 0 Å². The van der Waals surface area contributed by atoms with Crippen molar-refractivity contribution >= 4 is 11.8 Å². The number of hydrogen-bond acceptors (Lipinski definition) is 2. The van der Waals surface area contributed by atoms with Crippen LogP contribution in [0.4, 0.5) is 0 Å². The van der Waals surface area contributed by atoms with Gasteiger partial charge >= 0.3 is 0 Å². The summed E-state index contributed by atoms with van der Waals surface area (Å²) in [6.45, 7) is 7.94. The lowest BCUT2D eigenvalue weighted by Crippen LogP contribution is -2.48. The second-order valence-electron chi connectivity index (χ2n) is 7.53. The number of rotatable bonds is 7. The molecule has 1 aliphatic carbocycles. The normalized spacial score (nSPS) is 19.2. The van der Waals surface area contributed by atoms with Crippen LogP contribution in [0.15, 0.2) is 0 Å². The first kappa shape index (κ1) is 18.0. The van der Waals surface area contributed by atoms with E-state index in [4.69, 9.17) is 5.73 Å². The maximum atomic E-state index is 12.6. The zero-order chi connectivity index (χ0) is 16.0. The lowest BCUT2D eigenvalue weighted by Gasteiger charge is -2.30. The molecule has 2 amide bonds. The Kier molecular flexibility index (Phi) is 6.69. The Morgan fingerprint density at radius 3 is 2.19 bits per heavy atom. The highest BCUT2D eigenvalue weighted by atomic mass is 16.2. The molecule has 122 valence electrons. The van der Waals surface area contributed by atoms with E-state index in [-0.39, 0.29) is 29.2 Å². The van der Waals surface area contributed by atoms with Gasteiger partial charge in [-0.3, -0.25) is 9.59 Å². The van der Waals surface area contributed by atoms with Crippen LogP contribution in [-0.2, 0) is 9.59 Å². The molecule has 2 atom stereocenters. The van der Waals surface area contributed by atoms with E-state index in [0.29, 0.717) is 12.3 Å². The van der Waals surface area contributed by atoms with Gasteiger partial charge in [-0.2, -0.15) is 0 Å². The van der Waals surface area contributed by atoms with Gasteiger partial charge in [0.15, 0.2) is 0 Å². The number of primary amides is 1. The average Bonchev–Trinajstić information content (AvgIpc) is 2.83. The molecule has 0 bridgehead atoms. The fourth-order valence-electron chi connectivity index (χ4n) is 3.37. The van der Waals surface area contributed by atoms with Crippen LogP contribution >= 0.6 is 0 Å². The molecule has 4 heteroatoms. The number of carbonyl (C=O) groups is 2. The first-order valence-corrected chi connectivity index (χ1v) is 8.36. The lowest BCUT2D eigenvalue weighted by atomic mass is 9.80. The van der Waals surface area contributed by atoms with Crippen molar-refractivity contribution in [2.75, 3.05) is 0 Å². The fraction of sp³-hybridized carbons (Fsp3) is 0.882. The number of nitrogens with one attached hydrogen (secondary N) is 1. The van der Waals surface area contributed by atoms with Crippen LogP contribution in [0.2, 0.25) is 0 Å². The fourth-order valence-corrected chi connectivity index (χ4v) is 3.37. The summed E-state index contributed by atoms with van der Waals surface area (Å²) in [5.74, 6) is -0.377. The summed E-state index contributed by atoms with van der Waals surface area (Å²) in [6, 6.07) is 0. The maximum Gasteiger partial charge on any atom is 0.224 e. The van der Waals surface area contributed by atoms with Crippen molar-refractivity contribution in [1.82, 2.24) is 5.32 Å². The Morgan fingerprint density at radius 1 is 1.19 bits per heavy atom. The van der Waals surface area contributed by atoms with Gasteiger partial charge in [-0.05, 0) is 39.5 Å². The van der Waals surface area contributed by atoms with Crippen molar-refractivity contribution in [3.63, 3.8) is 0 Å². The molecule has 0 saturated heterocycles. The summed E-state index contributed by atoms with van der Waals surface area (Å²) in [4.78, 5) is 24.5. The van der Waals surface area contributed by atoms with E-state index < -0.39 is 0 Å². The zero-order valence-electron chi connectivity index (χ0n) is 14.1. The Morgan fingerprint density at radius 2 is 1.76 bits per heavy atom. The van der Waals surface area contributed by atoms with Crippen molar-refractivity contribution in [2.45, 2.75) is 78.2 Å². The smallest absolute Gasteiger partial charge is 0.224 e. The molecule has 0 aromatic rings. The quantitative estimate of drug-likeness (QED) is 0.758. The Hall–Kier alpha value is -1.06. The van der Waals surface area contributed by atoms with Gasteiger partial charge < -0.3 is 11.1 Å². The van der Waals surface area contributed by atoms with Crippen LogP contribution in [0.25, 0.3) is 0 Å². The van der Waals surface area contributed by atoms with E-state index in [9.17, 15) is 9.59 Å². The van der Waals surface area contributed by atoms with Gasteiger partial charge in [0.05, 0.1) is 0 Å². The molecule has 1 fully saturated rings. The van der Waals surface area contributed by atoms with Crippen molar-refractivity contribution < 1.29 is 9.59 Å². The van der Waals surface area contributed by atoms with Gasteiger partial charge in [0.25, 0.3) is 0 Å². The van der Waals surface area contributed by atoms with Crippen LogP contribution in [0.1, 0.15) is 72.6 Å². The summed E-state index contributed by atoms with van der Waals surface area (Å²) >= 11 is 0. The molecule has 0 aliphatic heterocycles. The van der Waals surface area contributed by atoms with E-state index in [1.165, 1.54) is 25.7 Å². The van der Waals surface area contributed by atoms with Crippen LogP contribution < -0.4 is 11.1 Å². The van der Waals surface area contributed by atoms with Crippen molar-refractivity contribution in [1.29, 1.82) is 0 Å². The molecule has 3 N–H and O–H groups in total. The summed E-state index contributed by atoms with van der Waals surface area (Å²) < 4.78 is 0. The molecule has 1 saturated carbocycles. The highest BCUT2D eigenvalue weighted by molar-refractivity contribution is 5.87. The van der Waals surface area contributed by atoms with Crippen molar-refractivity contribution in [2.24, 2.45) is 23.5 Å². The number of carbonyl (C=O) groups excluding carboxylic acids is 2. The summed E-state index contributed by atoms with van der Waals surface area (Å²) in [7, 11) is 0. The molecular formula is C17H32N2O2. The Labute approximate surface area is 129 Å². The Balaban J connectivity index is 2.85. The second-order valence-corrected chi connectivity index (χ2v) is 7.53. The molecule has 0 heterocycles. The summed E-state index contributed by atoms with van der Waals surface area (Å²) in [5.41, 5.74) is 5.30. The largest absolute Gasteiger partial charge is 0.369 e. The minimum atomic E-state index is -0.335. The minimum Gasteiger partial charge on any atom is -0.369 e. The summed E-state index contributed by atoms with van der Waals surface area (Å²) in [5, 5.41) is 3.04.